The van der Waals surface area contributed by atoms with Crippen molar-refractivity contribution in [3.8, 4) is 0 Å². The van der Waals surface area contributed by atoms with Crippen LogP contribution in [-0.2, 0) is 16.6 Å². The molecule has 0 atom stereocenters. The first kappa shape index (κ1) is 23.7. The maximum Gasteiger partial charge on any atom is 0.246 e. The Kier molecular flexibility index (Phi) is 6.25. The lowest BCUT2D eigenvalue weighted by Crippen LogP contribution is -2.35. The zero-order chi connectivity index (χ0) is 24.7. The number of benzene rings is 3. The van der Waals surface area contributed by atoms with Crippen LogP contribution in [0.1, 0.15) is 23.2 Å². The Morgan fingerprint density at radius 1 is 1.00 bits per heavy atom. The van der Waals surface area contributed by atoms with E-state index in [1.807, 2.05) is 42.5 Å². The second kappa shape index (κ2) is 9.22. The Hall–Kier alpha value is -3.00. The van der Waals surface area contributed by atoms with Crippen molar-refractivity contribution in [2.45, 2.75) is 24.8 Å². The summed E-state index contributed by atoms with van der Waals surface area (Å²) in [6.07, 6.45) is 2.38. The molecule has 1 aliphatic rings. The molecule has 0 saturated carbocycles. The van der Waals surface area contributed by atoms with Gasteiger partial charge in [0.25, 0.3) is 0 Å². The van der Waals surface area contributed by atoms with Crippen LogP contribution >= 0.6 is 11.6 Å². The van der Waals surface area contributed by atoms with Crippen molar-refractivity contribution in [2.75, 3.05) is 13.1 Å². The first-order valence-corrected chi connectivity index (χ1v) is 13.0. The van der Waals surface area contributed by atoms with E-state index in [-0.39, 0.29) is 13.1 Å². The molecule has 8 heteroatoms. The topological polar surface area (TPSA) is 42.3 Å². The van der Waals surface area contributed by atoms with E-state index < -0.39 is 26.6 Å². The van der Waals surface area contributed by atoms with Crippen LogP contribution in [-0.4, -0.2) is 30.4 Å². The average molecular weight is 513 g/mol. The molecule has 0 unspecified atom stereocenters. The van der Waals surface area contributed by atoms with E-state index in [0.29, 0.717) is 24.1 Å². The van der Waals surface area contributed by atoms with E-state index in [2.05, 4.69) is 23.6 Å². The third kappa shape index (κ3) is 4.40. The first-order chi connectivity index (χ1) is 16.8. The number of aromatic nitrogens is 1. The van der Waals surface area contributed by atoms with Crippen molar-refractivity contribution in [3.63, 3.8) is 0 Å². The lowest BCUT2D eigenvalue weighted by atomic mass is 9.97. The number of para-hydroxylation sites is 1. The Labute approximate surface area is 208 Å². The Morgan fingerprint density at radius 3 is 2.43 bits per heavy atom. The van der Waals surface area contributed by atoms with Gasteiger partial charge in [-0.15, -0.1) is 0 Å². The van der Waals surface area contributed by atoms with Crippen LogP contribution in [0.4, 0.5) is 8.78 Å². The van der Waals surface area contributed by atoms with Gasteiger partial charge in [0.2, 0.25) is 10.0 Å². The van der Waals surface area contributed by atoms with Crippen LogP contribution in [0.5, 0.6) is 0 Å². The van der Waals surface area contributed by atoms with Crippen LogP contribution in [0.15, 0.2) is 77.7 Å². The van der Waals surface area contributed by atoms with Gasteiger partial charge < -0.3 is 4.57 Å². The molecular weight excluding hydrogens is 490 g/mol. The summed E-state index contributed by atoms with van der Waals surface area (Å²) in [6.45, 7) is 3.08. The third-order valence-electron chi connectivity index (χ3n) is 6.49. The summed E-state index contributed by atoms with van der Waals surface area (Å²) >= 11 is 6.05. The second-order valence-electron chi connectivity index (χ2n) is 8.61. The van der Waals surface area contributed by atoms with Crippen LogP contribution in [0.3, 0.4) is 0 Å². The van der Waals surface area contributed by atoms with Gasteiger partial charge in [-0.2, -0.15) is 4.31 Å². The maximum atomic E-state index is 14.2. The molecule has 3 aromatic carbocycles. The van der Waals surface area contributed by atoms with Gasteiger partial charge in [0.1, 0.15) is 16.5 Å². The molecular formula is C27H23ClF2N2O2S. The molecule has 0 amide bonds. The predicted octanol–water partition coefficient (Wildman–Crippen LogP) is 6.41. The number of hydrogen-bond acceptors (Lipinski definition) is 2. The summed E-state index contributed by atoms with van der Waals surface area (Å²) in [6, 6.07) is 18.5. The standard InChI is InChI=1S/C27H23ClF2N2O2S/c1-18-27(23-4-2-3-5-25(23)32(18)17-19-6-8-21(28)9-7-19)20-12-14-31(15-13-20)35(33,34)26-11-10-22(29)16-24(26)30/h2-12,16H,13-15,17H2,1H3. The Balaban J connectivity index is 1.49. The van der Waals surface area contributed by atoms with Crippen molar-refractivity contribution < 1.29 is 17.2 Å². The van der Waals surface area contributed by atoms with Crippen molar-refractivity contribution in [3.05, 3.63) is 106 Å². The first-order valence-electron chi connectivity index (χ1n) is 11.2. The van der Waals surface area contributed by atoms with Crippen LogP contribution in [0.2, 0.25) is 5.02 Å². The van der Waals surface area contributed by atoms with E-state index in [1.54, 1.807) is 0 Å². The monoisotopic (exact) mass is 512 g/mol. The molecule has 1 aliphatic heterocycles. The van der Waals surface area contributed by atoms with E-state index in [1.165, 1.54) is 4.31 Å². The lowest BCUT2D eigenvalue weighted by molar-refractivity contribution is 0.435. The third-order valence-corrected chi connectivity index (χ3v) is 8.64. The van der Waals surface area contributed by atoms with Gasteiger partial charge in [-0.25, -0.2) is 17.2 Å². The minimum Gasteiger partial charge on any atom is -0.340 e. The molecule has 4 aromatic rings. The highest BCUT2D eigenvalue weighted by Crippen LogP contribution is 2.36. The van der Waals surface area contributed by atoms with Crippen LogP contribution in [0.25, 0.3) is 16.5 Å². The van der Waals surface area contributed by atoms with E-state index in [0.717, 1.165) is 45.4 Å². The predicted molar refractivity (Wildman–Crippen MR) is 135 cm³/mol. The molecule has 0 spiro atoms. The summed E-state index contributed by atoms with van der Waals surface area (Å²) in [5.41, 5.74) is 5.47. The molecule has 0 aliphatic carbocycles. The maximum absolute atomic E-state index is 14.2. The highest BCUT2D eigenvalue weighted by atomic mass is 35.5. The van der Waals surface area contributed by atoms with E-state index in [4.69, 9.17) is 11.6 Å². The normalized spacial score (nSPS) is 14.9. The van der Waals surface area contributed by atoms with Crippen molar-refractivity contribution in [2.24, 2.45) is 0 Å². The van der Waals surface area contributed by atoms with Gasteiger partial charge >= 0.3 is 0 Å². The molecule has 0 fully saturated rings. The lowest BCUT2D eigenvalue weighted by Gasteiger charge is -2.26. The van der Waals surface area contributed by atoms with Crippen molar-refractivity contribution in [1.29, 1.82) is 0 Å². The molecule has 0 bridgehead atoms. The molecule has 1 aromatic heterocycles. The number of nitrogens with zero attached hydrogens (tertiary/aromatic N) is 2. The number of fused-ring (bicyclic) bond motifs is 1. The van der Waals surface area contributed by atoms with Gasteiger partial charge in [-0.1, -0.05) is 48.0 Å². The quantitative estimate of drug-likeness (QED) is 0.310. The van der Waals surface area contributed by atoms with Crippen LogP contribution < -0.4 is 0 Å². The van der Waals surface area contributed by atoms with Gasteiger partial charge in [-0.3, -0.25) is 0 Å². The van der Waals surface area contributed by atoms with Gasteiger partial charge in [0.05, 0.1) is 0 Å². The Bertz CT molecular complexity index is 1560. The smallest absolute Gasteiger partial charge is 0.246 e. The number of sulfonamides is 1. The summed E-state index contributed by atoms with van der Waals surface area (Å²) in [5.74, 6) is -1.89. The van der Waals surface area contributed by atoms with Crippen molar-refractivity contribution in [1.82, 2.24) is 8.87 Å². The fourth-order valence-corrected chi connectivity index (χ4v) is 6.28. The fraction of sp³-hybridized carbons (Fsp3) is 0.185. The molecule has 0 saturated heterocycles. The highest BCUT2D eigenvalue weighted by molar-refractivity contribution is 7.89. The fourth-order valence-electron chi connectivity index (χ4n) is 4.73. The average Bonchev–Trinajstić information content (AvgIpc) is 3.11. The SMILES string of the molecule is Cc1c(C2=CCN(S(=O)(=O)c3ccc(F)cc3F)CC2)c2ccccc2n1Cc1ccc(Cl)cc1. The van der Waals surface area contributed by atoms with Gasteiger partial charge in [0, 0.05) is 52.9 Å². The van der Waals surface area contributed by atoms with E-state index in [9.17, 15) is 17.2 Å². The van der Waals surface area contributed by atoms with Crippen LogP contribution in [0, 0.1) is 18.6 Å². The minimum atomic E-state index is -4.08. The van der Waals surface area contributed by atoms with Gasteiger partial charge in [-0.05, 0) is 54.8 Å². The summed E-state index contributed by atoms with van der Waals surface area (Å²) < 4.78 is 57.0. The number of halogens is 3. The molecule has 2 heterocycles. The molecule has 0 N–H and O–H groups in total. The largest absolute Gasteiger partial charge is 0.340 e. The number of hydrogen-bond donors (Lipinski definition) is 0. The summed E-state index contributed by atoms with van der Waals surface area (Å²) in [4.78, 5) is -0.508. The van der Waals surface area contributed by atoms with Gasteiger partial charge in [0.15, 0.2) is 0 Å². The summed E-state index contributed by atoms with van der Waals surface area (Å²) in [5, 5.41) is 1.79. The molecule has 0 radical (unpaired) electrons. The molecule has 4 nitrogen and oxygen atoms in total. The minimum absolute atomic E-state index is 0.116. The zero-order valence-corrected chi connectivity index (χ0v) is 20.6. The Morgan fingerprint density at radius 2 is 1.74 bits per heavy atom. The van der Waals surface area contributed by atoms with Crippen molar-refractivity contribution >= 4 is 38.1 Å². The molecule has 180 valence electrons. The highest BCUT2D eigenvalue weighted by Gasteiger charge is 2.30. The second-order valence-corrected chi connectivity index (χ2v) is 11.0. The molecule has 5 rings (SSSR count). The summed E-state index contributed by atoms with van der Waals surface area (Å²) in [7, 11) is -4.08. The zero-order valence-electron chi connectivity index (χ0n) is 19.0. The number of rotatable bonds is 5. The van der Waals surface area contributed by atoms with E-state index >= 15 is 0 Å². The molecule has 35 heavy (non-hydrogen) atoms.